The summed E-state index contributed by atoms with van der Waals surface area (Å²) in [5.74, 6) is -0.576. The highest BCUT2D eigenvalue weighted by molar-refractivity contribution is 7.92. The van der Waals surface area contributed by atoms with Gasteiger partial charge in [-0.1, -0.05) is 12.1 Å². The summed E-state index contributed by atoms with van der Waals surface area (Å²) in [4.78, 5) is 0. The first-order valence-corrected chi connectivity index (χ1v) is 8.14. The fourth-order valence-corrected chi connectivity index (χ4v) is 2.88. The number of aliphatic hydroxyl groups excluding tert-OH is 1. The van der Waals surface area contributed by atoms with Crippen LogP contribution in [-0.4, -0.2) is 32.1 Å². The normalized spacial score (nSPS) is 12.4. The molecule has 0 saturated heterocycles. The highest BCUT2D eigenvalue weighted by atomic mass is 32.2. The Bertz CT molecular complexity index is 544. The van der Waals surface area contributed by atoms with E-state index in [1.807, 2.05) is 0 Å². The van der Waals surface area contributed by atoms with Crippen molar-refractivity contribution >= 4 is 15.7 Å². The Morgan fingerprint density at radius 1 is 1.19 bits per heavy atom. The molecule has 0 bridgehead atoms. The molecule has 0 fully saturated rings. The Morgan fingerprint density at radius 2 is 1.90 bits per heavy atom. The van der Waals surface area contributed by atoms with Gasteiger partial charge in [0.15, 0.2) is 0 Å². The van der Waals surface area contributed by atoms with Crippen LogP contribution in [0.3, 0.4) is 0 Å². The summed E-state index contributed by atoms with van der Waals surface area (Å²) in [5, 5.41) is 8.74. The van der Waals surface area contributed by atoms with E-state index in [2.05, 4.69) is 4.72 Å². The molecule has 0 aliphatic carbocycles. The first kappa shape index (κ1) is 17.8. The number of aryl methyl sites for hydroxylation is 1. The van der Waals surface area contributed by atoms with Crippen LogP contribution in [0.25, 0.3) is 0 Å². The minimum absolute atomic E-state index is 0.0351. The number of nitrogens with one attached hydrogen (secondary N) is 1. The van der Waals surface area contributed by atoms with Crippen molar-refractivity contribution in [3.05, 3.63) is 29.8 Å². The quantitative estimate of drug-likeness (QED) is 0.772. The molecule has 8 heteroatoms. The Morgan fingerprint density at radius 3 is 2.52 bits per heavy atom. The fraction of sp³-hybridized carbons (Fsp3) is 0.538. The Kier molecular flexibility index (Phi) is 6.47. The van der Waals surface area contributed by atoms with Gasteiger partial charge in [-0.05, 0) is 37.0 Å². The van der Waals surface area contributed by atoms with Gasteiger partial charge >= 0.3 is 6.18 Å². The molecule has 21 heavy (non-hydrogen) atoms. The molecule has 0 spiro atoms. The SMILES string of the molecule is O=S(=O)(CCCC(F)(F)F)Nc1cccc(CCCO)c1. The van der Waals surface area contributed by atoms with E-state index in [0.717, 1.165) is 5.56 Å². The summed E-state index contributed by atoms with van der Waals surface area (Å²) in [6.45, 7) is 0.0351. The molecule has 0 saturated carbocycles. The summed E-state index contributed by atoms with van der Waals surface area (Å²) in [5.41, 5.74) is 1.16. The third-order valence-electron chi connectivity index (χ3n) is 2.70. The van der Waals surface area contributed by atoms with Gasteiger partial charge in [0.1, 0.15) is 0 Å². The Hall–Kier alpha value is -1.28. The summed E-state index contributed by atoms with van der Waals surface area (Å²) >= 11 is 0. The summed E-state index contributed by atoms with van der Waals surface area (Å²) in [6.07, 6.45) is -4.78. The van der Waals surface area contributed by atoms with E-state index in [0.29, 0.717) is 18.5 Å². The van der Waals surface area contributed by atoms with Crippen molar-refractivity contribution in [2.24, 2.45) is 0 Å². The van der Waals surface area contributed by atoms with Gasteiger partial charge in [0.05, 0.1) is 5.75 Å². The lowest BCUT2D eigenvalue weighted by Crippen LogP contribution is -2.19. The van der Waals surface area contributed by atoms with Crippen molar-refractivity contribution in [1.29, 1.82) is 0 Å². The van der Waals surface area contributed by atoms with Crippen LogP contribution in [0, 0.1) is 0 Å². The Labute approximate surface area is 122 Å². The molecule has 1 rings (SSSR count). The second kappa shape index (κ2) is 7.65. The molecular formula is C13H18F3NO3S. The lowest BCUT2D eigenvalue weighted by atomic mass is 10.1. The number of sulfonamides is 1. The fourth-order valence-electron chi connectivity index (χ4n) is 1.77. The molecule has 1 aromatic rings. The summed E-state index contributed by atoms with van der Waals surface area (Å²) < 4.78 is 61.6. The zero-order valence-corrected chi connectivity index (χ0v) is 12.2. The maximum Gasteiger partial charge on any atom is 0.389 e. The highest BCUT2D eigenvalue weighted by Gasteiger charge is 2.27. The van der Waals surface area contributed by atoms with Gasteiger partial charge in [-0.25, -0.2) is 8.42 Å². The predicted molar refractivity (Wildman–Crippen MR) is 74.5 cm³/mol. The zero-order chi connectivity index (χ0) is 15.9. The first-order valence-electron chi connectivity index (χ1n) is 6.49. The van der Waals surface area contributed by atoms with E-state index in [-0.39, 0.29) is 6.61 Å². The average Bonchev–Trinajstić information content (AvgIpc) is 2.34. The van der Waals surface area contributed by atoms with Gasteiger partial charge < -0.3 is 5.11 Å². The van der Waals surface area contributed by atoms with Crippen LogP contribution >= 0.6 is 0 Å². The van der Waals surface area contributed by atoms with Crippen molar-refractivity contribution < 1.29 is 26.7 Å². The molecule has 0 radical (unpaired) electrons. The van der Waals surface area contributed by atoms with Gasteiger partial charge in [0.2, 0.25) is 10.0 Å². The number of anilines is 1. The van der Waals surface area contributed by atoms with E-state index in [1.54, 1.807) is 18.2 Å². The second-order valence-electron chi connectivity index (χ2n) is 4.67. The molecule has 120 valence electrons. The molecule has 2 N–H and O–H groups in total. The first-order chi connectivity index (χ1) is 9.72. The lowest BCUT2D eigenvalue weighted by Gasteiger charge is -2.10. The van der Waals surface area contributed by atoms with E-state index in [4.69, 9.17) is 5.11 Å². The molecule has 4 nitrogen and oxygen atoms in total. The van der Waals surface area contributed by atoms with Crippen molar-refractivity contribution in [3.63, 3.8) is 0 Å². The summed E-state index contributed by atoms with van der Waals surface area (Å²) in [7, 11) is -3.79. The maximum atomic E-state index is 12.0. The van der Waals surface area contributed by atoms with Crippen LogP contribution in [0.2, 0.25) is 0 Å². The highest BCUT2D eigenvalue weighted by Crippen LogP contribution is 2.22. The maximum absolute atomic E-state index is 12.0. The van der Waals surface area contributed by atoms with E-state index in [1.165, 1.54) is 6.07 Å². The average molecular weight is 325 g/mol. The molecule has 0 heterocycles. The standard InChI is InChI=1S/C13H18F3NO3S/c14-13(15,16)7-3-9-21(19,20)17-12-6-1-4-11(10-12)5-2-8-18/h1,4,6,10,17-18H,2-3,5,7-9H2. The van der Waals surface area contributed by atoms with Crippen molar-refractivity contribution in [2.75, 3.05) is 17.1 Å². The van der Waals surface area contributed by atoms with Crippen molar-refractivity contribution in [1.82, 2.24) is 0 Å². The number of halogens is 3. The smallest absolute Gasteiger partial charge is 0.389 e. The van der Waals surface area contributed by atoms with Crippen LogP contribution in [0.5, 0.6) is 0 Å². The van der Waals surface area contributed by atoms with Crippen LogP contribution < -0.4 is 4.72 Å². The molecule has 0 atom stereocenters. The number of alkyl halides is 3. The molecule has 0 amide bonds. The molecule has 0 aliphatic rings. The Balaban J connectivity index is 2.58. The summed E-state index contributed by atoms with van der Waals surface area (Å²) in [6, 6.07) is 6.58. The number of hydrogen-bond donors (Lipinski definition) is 2. The van der Waals surface area contributed by atoms with Gasteiger partial charge in [-0.3, -0.25) is 4.72 Å². The van der Waals surface area contributed by atoms with E-state index >= 15 is 0 Å². The van der Waals surface area contributed by atoms with Crippen molar-refractivity contribution in [2.45, 2.75) is 31.9 Å². The predicted octanol–water partition coefficient (Wildman–Crippen LogP) is 2.70. The lowest BCUT2D eigenvalue weighted by molar-refractivity contribution is -0.134. The number of benzene rings is 1. The van der Waals surface area contributed by atoms with E-state index < -0.39 is 34.8 Å². The van der Waals surface area contributed by atoms with Crippen LogP contribution in [0.1, 0.15) is 24.8 Å². The minimum Gasteiger partial charge on any atom is -0.396 e. The second-order valence-corrected chi connectivity index (χ2v) is 6.51. The van der Waals surface area contributed by atoms with Gasteiger partial charge in [-0.2, -0.15) is 13.2 Å². The third-order valence-corrected chi connectivity index (χ3v) is 4.07. The number of aliphatic hydroxyl groups is 1. The van der Waals surface area contributed by atoms with Gasteiger partial charge in [0, 0.05) is 18.7 Å². The molecule has 0 aliphatic heterocycles. The van der Waals surface area contributed by atoms with Gasteiger partial charge in [0.25, 0.3) is 0 Å². The third kappa shape index (κ3) is 7.91. The largest absolute Gasteiger partial charge is 0.396 e. The molecule has 0 unspecified atom stereocenters. The molecule has 0 aromatic heterocycles. The molecular weight excluding hydrogens is 307 g/mol. The minimum atomic E-state index is -4.35. The topological polar surface area (TPSA) is 66.4 Å². The van der Waals surface area contributed by atoms with Crippen LogP contribution in [-0.2, 0) is 16.4 Å². The number of hydrogen-bond acceptors (Lipinski definition) is 3. The van der Waals surface area contributed by atoms with E-state index in [9.17, 15) is 21.6 Å². The van der Waals surface area contributed by atoms with Crippen LogP contribution in [0.4, 0.5) is 18.9 Å². The number of rotatable bonds is 8. The zero-order valence-electron chi connectivity index (χ0n) is 11.4. The monoisotopic (exact) mass is 325 g/mol. The van der Waals surface area contributed by atoms with Crippen molar-refractivity contribution in [3.8, 4) is 0 Å². The van der Waals surface area contributed by atoms with Crippen LogP contribution in [0.15, 0.2) is 24.3 Å². The molecule has 1 aromatic carbocycles. The van der Waals surface area contributed by atoms with Gasteiger partial charge in [-0.15, -0.1) is 0 Å².